The van der Waals surface area contributed by atoms with E-state index in [9.17, 15) is 9.59 Å². The van der Waals surface area contributed by atoms with Gasteiger partial charge in [0, 0.05) is 16.6 Å². The summed E-state index contributed by atoms with van der Waals surface area (Å²) in [6.07, 6.45) is 0. The fourth-order valence-corrected chi connectivity index (χ4v) is 1.93. The van der Waals surface area contributed by atoms with Crippen molar-refractivity contribution in [3.05, 3.63) is 33.3 Å². The molecule has 0 aromatic heterocycles. The van der Waals surface area contributed by atoms with Crippen LogP contribution in [0.15, 0.2) is 22.7 Å². The molecule has 0 aliphatic heterocycles. The van der Waals surface area contributed by atoms with Crippen molar-refractivity contribution >= 4 is 39.4 Å². The van der Waals surface area contributed by atoms with Crippen LogP contribution < -0.4 is 0 Å². The van der Waals surface area contributed by atoms with E-state index in [2.05, 4.69) is 15.9 Å². The Bertz CT molecular complexity index is 479. The van der Waals surface area contributed by atoms with E-state index in [4.69, 9.17) is 16.3 Å². The fraction of sp³-hybridized carbons (Fsp3) is 0.385. The molecule has 0 N–H and O–H groups in total. The molecule has 1 amide bonds. The van der Waals surface area contributed by atoms with E-state index >= 15 is 0 Å². The van der Waals surface area contributed by atoms with Gasteiger partial charge >= 0.3 is 5.97 Å². The standard InChI is InChI=1S/C13H15BrClNO3/c1-3-16(8-12(17)19-4-2)13(18)9-5-6-10(14)11(15)7-9/h5-7H,3-4,8H2,1-2H3. The van der Waals surface area contributed by atoms with Crippen molar-refractivity contribution in [2.75, 3.05) is 19.7 Å². The van der Waals surface area contributed by atoms with Crippen molar-refractivity contribution in [3.63, 3.8) is 0 Å². The van der Waals surface area contributed by atoms with Gasteiger partial charge in [0.25, 0.3) is 5.91 Å². The lowest BCUT2D eigenvalue weighted by Crippen LogP contribution is -2.36. The molecule has 0 saturated carbocycles. The smallest absolute Gasteiger partial charge is 0.325 e. The molecule has 1 aromatic rings. The first-order chi connectivity index (χ1) is 8.99. The van der Waals surface area contributed by atoms with Crippen LogP contribution in [0.5, 0.6) is 0 Å². The van der Waals surface area contributed by atoms with Crippen LogP contribution >= 0.6 is 27.5 Å². The summed E-state index contributed by atoms with van der Waals surface area (Å²) in [5.74, 6) is -0.661. The summed E-state index contributed by atoms with van der Waals surface area (Å²) in [4.78, 5) is 25.1. The highest BCUT2D eigenvalue weighted by Crippen LogP contribution is 2.23. The van der Waals surface area contributed by atoms with E-state index in [-0.39, 0.29) is 12.5 Å². The lowest BCUT2D eigenvalue weighted by molar-refractivity contribution is -0.143. The van der Waals surface area contributed by atoms with Gasteiger partial charge in [0.2, 0.25) is 0 Å². The third-order valence-electron chi connectivity index (χ3n) is 2.46. The number of hydrogen-bond acceptors (Lipinski definition) is 3. The Labute approximate surface area is 125 Å². The number of carbonyl (C=O) groups is 2. The van der Waals surface area contributed by atoms with Crippen molar-refractivity contribution in [1.82, 2.24) is 4.90 Å². The largest absolute Gasteiger partial charge is 0.465 e. The Balaban J connectivity index is 2.83. The van der Waals surface area contributed by atoms with Gasteiger partial charge in [0.05, 0.1) is 11.6 Å². The topological polar surface area (TPSA) is 46.6 Å². The maximum Gasteiger partial charge on any atom is 0.325 e. The zero-order chi connectivity index (χ0) is 14.4. The monoisotopic (exact) mass is 347 g/mol. The Kier molecular flexibility index (Phi) is 6.31. The van der Waals surface area contributed by atoms with Crippen LogP contribution in [0.4, 0.5) is 0 Å². The SMILES string of the molecule is CCOC(=O)CN(CC)C(=O)c1ccc(Br)c(Cl)c1. The minimum Gasteiger partial charge on any atom is -0.465 e. The van der Waals surface area contributed by atoms with E-state index in [1.54, 1.807) is 32.0 Å². The molecule has 0 fully saturated rings. The highest BCUT2D eigenvalue weighted by Gasteiger charge is 2.18. The molecule has 1 rings (SSSR count). The zero-order valence-electron chi connectivity index (χ0n) is 10.8. The second-order valence-electron chi connectivity index (χ2n) is 3.75. The molecule has 1 aromatic carbocycles. The number of ether oxygens (including phenoxy) is 1. The number of esters is 1. The summed E-state index contributed by atoms with van der Waals surface area (Å²) in [5.41, 5.74) is 0.444. The summed E-state index contributed by atoms with van der Waals surface area (Å²) in [6.45, 7) is 4.19. The Morgan fingerprint density at radius 3 is 2.58 bits per heavy atom. The van der Waals surface area contributed by atoms with Crippen LogP contribution in [-0.4, -0.2) is 36.5 Å². The third kappa shape index (κ3) is 4.51. The minimum atomic E-state index is -0.416. The lowest BCUT2D eigenvalue weighted by Gasteiger charge is -2.20. The maximum absolute atomic E-state index is 12.2. The van der Waals surface area contributed by atoms with Gasteiger partial charge < -0.3 is 9.64 Å². The predicted molar refractivity (Wildman–Crippen MR) is 77.4 cm³/mol. The Morgan fingerprint density at radius 2 is 2.05 bits per heavy atom. The van der Waals surface area contributed by atoms with Crippen LogP contribution in [-0.2, 0) is 9.53 Å². The number of rotatable bonds is 5. The van der Waals surface area contributed by atoms with Crippen molar-refractivity contribution in [3.8, 4) is 0 Å². The molecule has 0 spiro atoms. The molecule has 19 heavy (non-hydrogen) atoms. The third-order valence-corrected chi connectivity index (χ3v) is 3.69. The highest BCUT2D eigenvalue weighted by molar-refractivity contribution is 9.10. The summed E-state index contributed by atoms with van der Waals surface area (Å²) in [6, 6.07) is 4.93. The second-order valence-corrected chi connectivity index (χ2v) is 5.01. The van der Waals surface area contributed by atoms with Gasteiger partial charge in [0.15, 0.2) is 0 Å². The van der Waals surface area contributed by atoms with Gasteiger partial charge in [-0.15, -0.1) is 0 Å². The molecule has 104 valence electrons. The van der Waals surface area contributed by atoms with Crippen molar-refractivity contribution in [2.24, 2.45) is 0 Å². The molecule has 0 heterocycles. The summed E-state index contributed by atoms with van der Waals surface area (Å²) < 4.78 is 5.56. The lowest BCUT2D eigenvalue weighted by atomic mass is 10.2. The van der Waals surface area contributed by atoms with E-state index in [1.807, 2.05) is 0 Å². The first-order valence-electron chi connectivity index (χ1n) is 5.89. The first-order valence-corrected chi connectivity index (χ1v) is 7.06. The van der Waals surface area contributed by atoms with Gasteiger partial charge in [-0.3, -0.25) is 9.59 Å². The number of likely N-dealkylation sites (N-methyl/N-ethyl adjacent to an activating group) is 1. The molecule has 0 radical (unpaired) electrons. The molecule has 0 atom stereocenters. The fourth-order valence-electron chi connectivity index (χ4n) is 1.50. The highest BCUT2D eigenvalue weighted by atomic mass is 79.9. The molecule has 0 bridgehead atoms. The molecular weight excluding hydrogens is 334 g/mol. The van der Waals surface area contributed by atoms with Gasteiger partial charge in [-0.05, 0) is 48.0 Å². The molecule has 0 aliphatic rings. The van der Waals surface area contributed by atoms with E-state index in [0.717, 1.165) is 4.47 Å². The Hall–Kier alpha value is -1.07. The molecule has 4 nitrogen and oxygen atoms in total. The second kappa shape index (κ2) is 7.50. The van der Waals surface area contributed by atoms with Gasteiger partial charge in [-0.2, -0.15) is 0 Å². The zero-order valence-corrected chi connectivity index (χ0v) is 13.1. The Morgan fingerprint density at radius 1 is 1.37 bits per heavy atom. The van der Waals surface area contributed by atoms with Gasteiger partial charge in [-0.25, -0.2) is 0 Å². The van der Waals surface area contributed by atoms with Gasteiger partial charge in [-0.1, -0.05) is 11.6 Å². The summed E-state index contributed by atoms with van der Waals surface area (Å²) in [5, 5.41) is 0.457. The maximum atomic E-state index is 12.2. The number of amides is 1. The van der Waals surface area contributed by atoms with Crippen LogP contribution in [0.2, 0.25) is 5.02 Å². The number of nitrogens with zero attached hydrogens (tertiary/aromatic N) is 1. The van der Waals surface area contributed by atoms with E-state index in [0.29, 0.717) is 23.7 Å². The van der Waals surface area contributed by atoms with Crippen molar-refractivity contribution in [1.29, 1.82) is 0 Å². The van der Waals surface area contributed by atoms with Crippen LogP contribution in [0, 0.1) is 0 Å². The van der Waals surface area contributed by atoms with E-state index < -0.39 is 5.97 Å². The van der Waals surface area contributed by atoms with Gasteiger partial charge in [0.1, 0.15) is 6.54 Å². The molecule has 6 heteroatoms. The quantitative estimate of drug-likeness (QED) is 0.768. The molecule has 0 saturated heterocycles. The van der Waals surface area contributed by atoms with Crippen LogP contribution in [0.1, 0.15) is 24.2 Å². The summed E-state index contributed by atoms with van der Waals surface area (Å²) >= 11 is 9.21. The molecule has 0 unspecified atom stereocenters. The number of hydrogen-bond donors (Lipinski definition) is 0. The average Bonchev–Trinajstić information content (AvgIpc) is 2.38. The van der Waals surface area contributed by atoms with Crippen LogP contribution in [0.25, 0.3) is 0 Å². The average molecular weight is 349 g/mol. The first kappa shape index (κ1) is 16.0. The minimum absolute atomic E-state index is 0.0587. The normalized spacial score (nSPS) is 10.1. The van der Waals surface area contributed by atoms with Crippen molar-refractivity contribution < 1.29 is 14.3 Å². The number of benzene rings is 1. The van der Waals surface area contributed by atoms with Crippen molar-refractivity contribution in [2.45, 2.75) is 13.8 Å². The number of carbonyl (C=O) groups excluding carboxylic acids is 2. The van der Waals surface area contributed by atoms with Crippen LogP contribution in [0.3, 0.4) is 0 Å². The predicted octanol–water partition coefficient (Wildman–Crippen LogP) is 3.13. The molecule has 0 aliphatic carbocycles. The summed E-state index contributed by atoms with van der Waals surface area (Å²) in [7, 11) is 0. The number of halogens is 2. The van der Waals surface area contributed by atoms with E-state index in [1.165, 1.54) is 4.90 Å². The molecular formula is C13H15BrClNO3.